The Hall–Kier alpha value is -3.34. The maximum atomic E-state index is 13.9. The summed E-state index contributed by atoms with van der Waals surface area (Å²) in [5, 5.41) is 1.03. The minimum absolute atomic E-state index is 0.139. The fraction of sp³-hybridized carbons (Fsp3) is 0.310. The number of pyridine rings is 1. The molecule has 0 bridgehead atoms. The standard InChI is InChI=1S/C29H32NO9PS/c1-19-16-20(2)28(21(3)17-19)38-29(31)27-23-10-6-7-11-25(23)30(14-8-9-15-41(33,34)35)26-13-12-22(18-24(26)27)39-40(32,36-4)37-5/h6-7,10-13,16-18H,8-9,14-15H2,1-5H3. The molecule has 10 nitrogen and oxygen atoms in total. The SMILES string of the molecule is COP(=O)(OC)Oc1ccc2c(c1)c(C(=O)Oc1c(C)cc(C)cc1C)c1ccccc1[n+]2CCCCS(=O)(=O)[O-]. The van der Waals surface area contributed by atoms with Gasteiger partial charge in [-0.3, -0.25) is 9.05 Å². The molecule has 0 unspecified atom stereocenters. The van der Waals surface area contributed by atoms with E-state index in [0.29, 0.717) is 40.5 Å². The van der Waals surface area contributed by atoms with Crippen molar-refractivity contribution in [1.82, 2.24) is 0 Å². The van der Waals surface area contributed by atoms with E-state index in [2.05, 4.69) is 0 Å². The average Bonchev–Trinajstić information content (AvgIpc) is 2.91. The topological polar surface area (TPSA) is 132 Å². The Kier molecular flexibility index (Phi) is 9.16. The molecule has 0 aliphatic rings. The van der Waals surface area contributed by atoms with E-state index < -0.39 is 29.7 Å². The second-order valence-electron chi connectivity index (χ2n) is 9.71. The third kappa shape index (κ3) is 6.94. The highest BCUT2D eigenvalue weighted by atomic mass is 32.2. The number of aromatic nitrogens is 1. The average molecular weight is 602 g/mol. The highest BCUT2D eigenvalue weighted by Crippen LogP contribution is 2.48. The molecule has 0 atom stereocenters. The molecule has 1 aromatic heterocycles. The van der Waals surface area contributed by atoms with E-state index in [1.54, 1.807) is 30.3 Å². The van der Waals surface area contributed by atoms with E-state index in [0.717, 1.165) is 16.7 Å². The summed E-state index contributed by atoms with van der Waals surface area (Å²) in [5.41, 5.74) is 4.27. The van der Waals surface area contributed by atoms with Crippen LogP contribution in [0.4, 0.5) is 0 Å². The van der Waals surface area contributed by atoms with Gasteiger partial charge < -0.3 is 13.8 Å². The number of carbonyl (C=O) groups is 1. The van der Waals surface area contributed by atoms with Crippen LogP contribution in [0.25, 0.3) is 21.8 Å². The molecule has 41 heavy (non-hydrogen) atoms. The predicted molar refractivity (Wildman–Crippen MR) is 153 cm³/mol. The normalized spacial score (nSPS) is 12.1. The number of para-hydroxylation sites is 1. The van der Waals surface area contributed by atoms with E-state index >= 15 is 0 Å². The van der Waals surface area contributed by atoms with Crippen molar-refractivity contribution >= 4 is 45.7 Å². The molecular formula is C29H32NO9PS. The maximum absolute atomic E-state index is 13.9. The number of aryl methyl sites for hydroxylation is 4. The van der Waals surface area contributed by atoms with Gasteiger partial charge in [0.05, 0.1) is 26.5 Å². The smallest absolute Gasteiger partial charge is 0.529 e. The van der Waals surface area contributed by atoms with Crippen molar-refractivity contribution in [3.05, 3.63) is 76.9 Å². The molecule has 0 fully saturated rings. The lowest BCUT2D eigenvalue weighted by atomic mass is 10.0. The zero-order chi connectivity index (χ0) is 29.9. The zero-order valence-electron chi connectivity index (χ0n) is 23.5. The monoisotopic (exact) mass is 601 g/mol. The fourth-order valence-electron chi connectivity index (χ4n) is 4.96. The number of carbonyl (C=O) groups excluding carboxylic acids is 1. The first-order valence-corrected chi connectivity index (χ1v) is 15.9. The van der Waals surface area contributed by atoms with Crippen molar-refractivity contribution in [3.63, 3.8) is 0 Å². The van der Waals surface area contributed by atoms with Gasteiger partial charge in [-0.05, 0) is 56.5 Å². The molecule has 218 valence electrons. The number of nitrogens with zero attached hydrogens (tertiary/aromatic N) is 1. The van der Waals surface area contributed by atoms with E-state index in [4.69, 9.17) is 18.3 Å². The first kappa shape index (κ1) is 30.6. The van der Waals surface area contributed by atoms with Crippen LogP contribution in [0.2, 0.25) is 0 Å². The summed E-state index contributed by atoms with van der Waals surface area (Å²) in [7, 11) is -5.84. The Balaban J connectivity index is 1.91. The number of esters is 1. The second kappa shape index (κ2) is 12.3. The fourth-order valence-corrected chi connectivity index (χ4v) is 6.19. The van der Waals surface area contributed by atoms with Crippen LogP contribution >= 0.6 is 7.82 Å². The Morgan fingerprint density at radius 1 is 0.902 bits per heavy atom. The van der Waals surface area contributed by atoms with E-state index in [1.807, 2.05) is 49.6 Å². The predicted octanol–water partition coefficient (Wildman–Crippen LogP) is 5.53. The number of ether oxygens (including phenoxy) is 1. The molecule has 0 radical (unpaired) electrons. The van der Waals surface area contributed by atoms with Crippen LogP contribution in [0.3, 0.4) is 0 Å². The van der Waals surface area contributed by atoms with Gasteiger partial charge in [0.25, 0.3) is 0 Å². The highest BCUT2D eigenvalue weighted by Gasteiger charge is 2.29. The summed E-state index contributed by atoms with van der Waals surface area (Å²) >= 11 is 0. The molecule has 1 heterocycles. The molecule has 0 aliphatic carbocycles. The third-order valence-electron chi connectivity index (χ3n) is 6.69. The summed E-state index contributed by atoms with van der Waals surface area (Å²) in [6.07, 6.45) is 0.577. The molecule has 4 aromatic rings. The van der Waals surface area contributed by atoms with Crippen molar-refractivity contribution in [2.45, 2.75) is 40.2 Å². The highest BCUT2D eigenvalue weighted by molar-refractivity contribution is 7.85. The number of phosphoric acid groups is 1. The largest absolute Gasteiger partial charge is 0.748 e. The third-order valence-corrected chi connectivity index (χ3v) is 8.80. The zero-order valence-corrected chi connectivity index (χ0v) is 25.2. The van der Waals surface area contributed by atoms with Crippen LogP contribution in [0.5, 0.6) is 11.5 Å². The summed E-state index contributed by atoms with van der Waals surface area (Å²) < 4.78 is 69.4. The van der Waals surface area contributed by atoms with Crippen LogP contribution < -0.4 is 13.8 Å². The minimum Gasteiger partial charge on any atom is -0.748 e. The van der Waals surface area contributed by atoms with Crippen molar-refractivity contribution < 1.29 is 45.2 Å². The Bertz CT molecular complexity index is 1760. The lowest BCUT2D eigenvalue weighted by Crippen LogP contribution is -2.37. The molecule has 0 N–H and O–H groups in total. The Labute approximate surface area is 239 Å². The van der Waals surface area contributed by atoms with Gasteiger partial charge >= 0.3 is 13.8 Å². The lowest BCUT2D eigenvalue weighted by molar-refractivity contribution is -0.645. The first-order valence-electron chi connectivity index (χ1n) is 12.9. The number of phosphoric ester groups is 1. The summed E-state index contributed by atoms with van der Waals surface area (Å²) in [4.78, 5) is 13.9. The van der Waals surface area contributed by atoms with Crippen molar-refractivity contribution in [2.75, 3.05) is 20.0 Å². The Morgan fingerprint density at radius 3 is 2.17 bits per heavy atom. The van der Waals surface area contributed by atoms with E-state index in [-0.39, 0.29) is 17.7 Å². The quantitative estimate of drug-likeness (QED) is 0.0414. The molecule has 4 rings (SSSR count). The lowest BCUT2D eigenvalue weighted by Gasteiger charge is -2.17. The summed E-state index contributed by atoms with van der Waals surface area (Å²) in [6, 6.07) is 16.0. The van der Waals surface area contributed by atoms with Gasteiger partial charge in [-0.15, -0.1) is 0 Å². The number of unbranched alkanes of at least 4 members (excludes halogenated alkanes) is 1. The van der Waals surface area contributed by atoms with Gasteiger partial charge in [-0.25, -0.2) is 17.8 Å². The maximum Gasteiger partial charge on any atom is 0.529 e. The van der Waals surface area contributed by atoms with Gasteiger partial charge in [-0.1, -0.05) is 29.8 Å². The molecule has 0 amide bonds. The van der Waals surface area contributed by atoms with Gasteiger partial charge in [-0.2, -0.15) is 4.57 Å². The van der Waals surface area contributed by atoms with Crippen molar-refractivity contribution in [3.8, 4) is 11.5 Å². The van der Waals surface area contributed by atoms with Crippen LogP contribution in [-0.2, 0) is 30.3 Å². The molecule has 0 saturated carbocycles. The molecule has 3 aromatic carbocycles. The molecular weight excluding hydrogens is 569 g/mol. The van der Waals surface area contributed by atoms with E-state index in [1.165, 1.54) is 14.2 Å². The van der Waals surface area contributed by atoms with Crippen LogP contribution in [-0.4, -0.2) is 38.9 Å². The van der Waals surface area contributed by atoms with Gasteiger partial charge in [0.2, 0.25) is 11.0 Å². The number of hydrogen-bond donors (Lipinski definition) is 0. The molecule has 0 spiro atoms. The van der Waals surface area contributed by atoms with Crippen molar-refractivity contribution in [1.29, 1.82) is 0 Å². The van der Waals surface area contributed by atoms with Crippen LogP contribution in [0, 0.1) is 20.8 Å². The summed E-state index contributed by atoms with van der Waals surface area (Å²) in [6.45, 7) is 6.08. The van der Waals surface area contributed by atoms with Gasteiger partial charge in [0.1, 0.15) is 18.0 Å². The number of benzene rings is 3. The molecule has 0 aliphatic heterocycles. The number of fused-ring (bicyclic) bond motifs is 2. The molecule has 12 heteroatoms. The Morgan fingerprint density at radius 2 is 1.54 bits per heavy atom. The number of rotatable bonds is 11. The van der Waals surface area contributed by atoms with Crippen molar-refractivity contribution in [2.24, 2.45) is 0 Å². The second-order valence-corrected chi connectivity index (χ2v) is 13.0. The van der Waals surface area contributed by atoms with Crippen LogP contribution in [0.1, 0.15) is 39.9 Å². The van der Waals surface area contributed by atoms with E-state index in [9.17, 15) is 22.3 Å². The molecule has 0 saturated heterocycles. The number of hydrogen-bond acceptors (Lipinski definition) is 9. The summed E-state index contributed by atoms with van der Waals surface area (Å²) in [5.74, 6) is -0.459. The first-order chi connectivity index (χ1) is 19.4. The van der Waals surface area contributed by atoms with Crippen LogP contribution in [0.15, 0.2) is 54.6 Å². The minimum atomic E-state index is -4.34. The van der Waals surface area contributed by atoms with Gasteiger partial charge in [0, 0.05) is 38.5 Å². The van der Waals surface area contributed by atoms with Gasteiger partial charge in [0.15, 0.2) is 0 Å².